The molecule has 2 nitrogen and oxygen atoms in total. The van der Waals surface area contributed by atoms with Gasteiger partial charge in [0.15, 0.2) is 0 Å². The number of rotatable bonds is 6. The molecule has 120 valence electrons. The summed E-state index contributed by atoms with van der Waals surface area (Å²) in [6, 6.07) is 4.82. The summed E-state index contributed by atoms with van der Waals surface area (Å²) < 4.78 is 39.8. The van der Waals surface area contributed by atoms with Crippen LogP contribution in [0.3, 0.4) is 0 Å². The van der Waals surface area contributed by atoms with Crippen LogP contribution in [0.4, 0.5) is 18.9 Å². The van der Waals surface area contributed by atoms with Gasteiger partial charge in [-0.25, -0.2) is 0 Å². The number of benzene rings is 1. The van der Waals surface area contributed by atoms with Crippen molar-refractivity contribution in [1.82, 2.24) is 5.32 Å². The van der Waals surface area contributed by atoms with Crippen molar-refractivity contribution in [2.24, 2.45) is 5.92 Å². The number of hydrogen-bond donors (Lipinski definition) is 1. The number of anilines is 1. The lowest BCUT2D eigenvalue weighted by Gasteiger charge is -2.26. The smallest absolute Gasteiger partial charge is 0.374 e. The molecule has 0 amide bonds. The van der Waals surface area contributed by atoms with Crippen molar-refractivity contribution in [2.45, 2.75) is 46.5 Å². The van der Waals surface area contributed by atoms with Crippen molar-refractivity contribution in [3.8, 4) is 0 Å². The zero-order chi connectivity index (χ0) is 16.2. The van der Waals surface area contributed by atoms with E-state index < -0.39 is 11.7 Å². The molecule has 1 N–H and O–H groups in total. The predicted molar refractivity (Wildman–Crippen MR) is 81.5 cm³/mol. The van der Waals surface area contributed by atoms with E-state index in [9.17, 15) is 13.2 Å². The summed E-state index contributed by atoms with van der Waals surface area (Å²) >= 11 is 0. The van der Waals surface area contributed by atoms with Crippen molar-refractivity contribution in [3.05, 3.63) is 29.3 Å². The molecular formula is C16H25F3N2. The molecule has 0 aliphatic carbocycles. The third-order valence-electron chi connectivity index (χ3n) is 3.13. The summed E-state index contributed by atoms with van der Waals surface area (Å²) in [6.45, 7) is 8.95. The van der Waals surface area contributed by atoms with Crippen LogP contribution < -0.4 is 10.2 Å². The first kappa shape index (κ1) is 17.8. The van der Waals surface area contributed by atoms with Crippen LogP contribution in [0, 0.1) is 5.92 Å². The van der Waals surface area contributed by atoms with Gasteiger partial charge in [0.25, 0.3) is 0 Å². The van der Waals surface area contributed by atoms with Crippen LogP contribution in [0.25, 0.3) is 0 Å². The SMILES string of the molecule is CC(C)CN(C)c1ccc(CNC(C)C)cc1C(F)(F)F. The molecule has 0 radical (unpaired) electrons. The first-order chi connectivity index (χ1) is 9.61. The Kier molecular flexibility index (Phi) is 6.08. The molecule has 0 heterocycles. The molecule has 0 bridgehead atoms. The molecule has 1 aromatic rings. The Labute approximate surface area is 125 Å². The molecule has 0 saturated heterocycles. The first-order valence-corrected chi connectivity index (χ1v) is 7.26. The van der Waals surface area contributed by atoms with Crippen molar-refractivity contribution >= 4 is 5.69 Å². The van der Waals surface area contributed by atoms with Crippen LogP contribution in [0.2, 0.25) is 0 Å². The van der Waals surface area contributed by atoms with Crippen molar-refractivity contribution in [3.63, 3.8) is 0 Å². The minimum absolute atomic E-state index is 0.239. The maximum absolute atomic E-state index is 13.3. The van der Waals surface area contributed by atoms with Gasteiger partial charge >= 0.3 is 6.18 Å². The van der Waals surface area contributed by atoms with E-state index in [4.69, 9.17) is 0 Å². The highest BCUT2D eigenvalue weighted by molar-refractivity contribution is 5.56. The van der Waals surface area contributed by atoms with Gasteiger partial charge in [0.05, 0.1) is 5.56 Å². The standard InChI is InChI=1S/C16H25F3N2/c1-11(2)10-21(5)15-7-6-13(9-20-12(3)4)8-14(15)16(17,18)19/h6-8,11-12,20H,9-10H2,1-5H3. The molecule has 0 saturated carbocycles. The fourth-order valence-electron chi connectivity index (χ4n) is 2.22. The number of hydrogen-bond acceptors (Lipinski definition) is 2. The van der Waals surface area contributed by atoms with E-state index in [0.29, 0.717) is 24.6 Å². The fourth-order valence-corrected chi connectivity index (χ4v) is 2.22. The van der Waals surface area contributed by atoms with Gasteiger partial charge in [0.1, 0.15) is 0 Å². The van der Waals surface area contributed by atoms with Gasteiger partial charge in [-0.3, -0.25) is 0 Å². The second-order valence-corrected chi connectivity index (χ2v) is 6.16. The van der Waals surface area contributed by atoms with Crippen molar-refractivity contribution in [2.75, 3.05) is 18.5 Å². The van der Waals surface area contributed by atoms with Crippen LogP contribution in [-0.4, -0.2) is 19.6 Å². The van der Waals surface area contributed by atoms with E-state index in [-0.39, 0.29) is 11.7 Å². The summed E-state index contributed by atoms with van der Waals surface area (Å²) in [6.07, 6.45) is -4.34. The molecule has 21 heavy (non-hydrogen) atoms. The van der Waals surface area contributed by atoms with E-state index in [2.05, 4.69) is 5.32 Å². The topological polar surface area (TPSA) is 15.3 Å². The maximum Gasteiger partial charge on any atom is 0.418 e. The van der Waals surface area contributed by atoms with E-state index >= 15 is 0 Å². The molecule has 5 heteroatoms. The second kappa shape index (κ2) is 7.16. The molecule has 0 aromatic heterocycles. The van der Waals surface area contributed by atoms with Crippen LogP contribution in [0.1, 0.15) is 38.8 Å². The highest BCUT2D eigenvalue weighted by Crippen LogP contribution is 2.37. The number of alkyl halides is 3. The molecule has 0 aliphatic rings. The third-order valence-corrected chi connectivity index (χ3v) is 3.13. The Hall–Kier alpha value is -1.23. The van der Waals surface area contributed by atoms with Gasteiger partial charge < -0.3 is 10.2 Å². The van der Waals surface area contributed by atoms with Crippen LogP contribution in [-0.2, 0) is 12.7 Å². The number of nitrogens with one attached hydrogen (secondary N) is 1. The maximum atomic E-state index is 13.3. The molecule has 1 aromatic carbocycles. The van der Waals surface area contributed by atoms with Gasteiger partial charge in [0.2, 0.25) is 0 Å². The van der Waals surface area contributed by atoms with Gasteiger partial charge in [-0.05, 0) is 23.6 Å². The zero-order valence-corrected chi connectivity index (χ0v) is 13.4. The van der Waals surface area contributed by atoms with Gasteiger partial charge in [0, 0.05) is 31.9 Å². The minimum atomic E-state index is -4.34. The van der Waals surface area contributed by atoms with Crippen LogP contribution in [0.15, 0.2) is 18.2 Å². The summed E-state index contributed by atoms with van der Waals surface area (Å²) in [5.74, 6) is 0.304. The largest absolute Gasteiger partial charge is 0.418 e. The molecule has 0 spiro atoms. The Morgan fingerprint density at radius 3 is 2.24 bits per heavy atom. The molecular weight excluding hydrogens is 277 g/mol. The molecule has 0 fully saturated rings. The molecule has 1 rings (SSSR count). The van der Waals surface area contributed by atoms with E-state index in [0.717, 1.165) is 0 Å². The monoisotopic (exact) mass is 302 g/mol. The van der Waals surface area contributed by atoms with Crippen LogP contribution >= 0.6 is 0 Å². The summed E-state index contributed by atoms with van der Waals surface area (Å²) in [4.78, 5) is 1.67. The summed E-state index contributed by atoms with van der Waals surface area (Å²) in [5, 5.41) is 3.14. The van der Waals surface area contributed by atoms with E-state index in [1.165, 1.54) is 6.07 Å². The first-order valence-electron chi connectivity index (χ1n) is 7.26. The quantitative estimate of drug-likeness (QED) is 0.843. The van der Waals surface area contributed by atoms with Gasteiger partial charge in [-0.15, -0.1) is 0 Å². The average Bonchev–Trinajstić information content (AvgIpc) is 2.34. The normalized spacial score (nSPS) is 12.3. The number of nitrogens with zero attached hydrogens (tertiary/aromatic N) is 1. The lowest BCUT2D eigenvalue weighted by Crippen LogP contribution is -2.26. The Morgan fingerprint density at radius 1 is 1.14 bits per heavy atom. The molecule has 0 atom stereocenters. The summed E-state index contributed by atoms with van der Waals surface area (Å²) in [7, 11) is 1.70. The van der Waals surface area contributed by atoms with Gasteiger partial charge in [-0.1, -0.05) is 33.8 Å². The summed E-state index contributed by atoms with van der Waals surface area (Å²) in [5.41, 5.74) is 0.330. The lowest BCUT2D eigenvalue weighted by atomic mass is 10.1. The van der Waals surface area contributed by atoms with E-state index in [1.807, 2.05) is 27.7 Å². The minimum Gasteiger partial charge on any atom is -0.374 e. The number of halogens is 3. The Bertz CT molecular complexity index is 453. The van der Waals surface area contributed by atoms with Crippen molar-refractivity contribution in [1.29, 1.82) is 0 Å². The highest BCUT2D eigenvalue weighted by Gasteiger charge is 2.34. The van der Waals surface area contributed by atoms with Crippen LogP contribution in [0.5, 0.6) is 0 Å². The zero-order valence-electron chi connectivity index (χ0n) is 13.4. The Morgan fingerprint density at radius 2 is 1.76 bits per heavy atom. The second-order valence-electron chi connectivity index (χ2n) is 6.16. The van der Waals surface area contributed by atoms with Crippen molar-refractivity contribution < 1.29 is 13.2 Å². The highest BCUT2D eigenvalue weighted by atomic mass is 19.4. The molecule has 0 aliphatic heterocycles. The van der Waals surface area contributed by atoms with Gasteiger partial charge in [-0.2, -0.15) is 13.2 Å². The third kappa shape index (κ3) is 5.58. The fraction of sp³-hybridized carbons (Fsp3) is 0.625. The Balaban J connectivity index is 3.08. The van der Waals surface area contributed by atoms with E-state index in [1.54, 1.807) is 24.1 Å². The predicted octanol–water partition coefficient (Wildman–Crippen LogP) is 4.30. The lowest BCUT2D eigenvalue weighted by molar-refractivity contribution is -0.137. The molecule has 0 unspecified atom stereocenters. The average molecular weight is 302 g/mol.